The second-order valence-electron chi connectivity index (χ2n) is 9.39. The quantitative estimate of drug-likeness (QED) is 0.592. The van der Waals surface area contributed by atoms with E-state index in [-0.39, 0.29) is 47.4 Å². The van der Waals surface area contributed by atoms with Crippen molar-refractivity contribution < 1.29 is 19.4 Å². The van der Waals surface area contributed by atoms with E-state index in [0.717, 1.165) is 18.4 Å². The van der Waals surface area contributed by atoms with Gasteiger partial charge in [0.05, 0.1) is 17.1 Å². The molecule has 0 amide bonds. The number of carbonyl (C=O) groups excluding carboxylic acids is 2. The van der Waals surface area contributed by atoms with Crippen molar-refractivity contribution >= 4 is 11.6 Å². The van der Waals surface area contributed by atoms with Crippen molar-refractivity contribution in [2.75, 3.05) is 0 Å². The van der Waals surface area contributed by atoms with Crippen molar-refractivity contribution in [3.8, 4) is 0 Å². The molecule has 7 unspecified atom stereocenters. The second kappa shape index (κ2) is 4.59. The van der Waals surface area contributed by atoms with Crippen LogP contribution in [0.5, 0.6) is 0 Å². The molecule has 4 aliphatic rings. The number of allylic oxidation sites excluding steroid dienone is 2. The number of hydrogen-bond donors (Lipinski definition) is 1. The van der Waals surface area contributed by atoms with Crippen LogP contribution in [0.15, 0.2) is 11.6 Å². The maximum Gasteiger partial charge on any atom is 0.169 e. The molecule has 132 valence electrons. The van der Waals surface area contributed by atoms with Crippen LogP contribution >= 0.6 is 0 Å². The predicted molar refractivity (Wildman–Crippen MR) is 89.3 cm³/mol. The lowest BCUT2D eigenvalue weighted by atomic mass is 9.50. The number of ether oxygens (including phenoxy) is 1. The van der Waals surface area contributed by atoms with Crippen LogP contribution in [0.1, 0.15) is 53.9 Å². The third kappa shape index (κ3) is 1.76. The van der Waals surface area contributed by atoms with E-state index in [1.54, 1.807) is 6.08 Å². The van der Waals surface area contributed by atoms with Gasteiger partial charge in [0.15, 0.2) is 5.78 Å². The normalized spacial score (nSPS) is 53.2. The summed E-state index contributed by atoms with van der Waals surface area (Å²) in [6.45, 7) is 10.1. The maximum atomic E-state index is 13.1. The lowest BCUT2D eigenvalue weighted by Gasteiger charge is -2.53. The Bertz CT molecular complexity index is 665. The van der Waals surface area contributed by atoms with Crippen LogP contribution in [0, 0.1) is 28.6 Å². The molecule has 0 aromatic heterocycles. The Kier molecular flexibility index (Phi) is 3.15. The third-order valence-corrected chi connectivity index (χ3v) is 7.68. The first-order valence-corrected chi connectivity index (χ1v) is 9.21. The third-order valence-electron chi connectivity index (χ3n) is 7.68. The van der Waals surface area contributed by atoms with E-state index in [1.807, 2.05) is 13.8 Å². The SMILES string of the molecule is CC(C)C1=CC(=O)C2(C)C(=O)CC3(C)C(O)C4OC4(C)CCC3C12. The summed E-state index contributed by atoms with van der Waals surface area (Å²) in [5, 5.41) is 11.0. The summed E-state index contributed by atoms with van der Waals surface area (Å²) >= 11 is 0. The Labute approximate surface area is 143 Å². The smallest absolute Gasteiger partial charge is 0.169 e. The van der Waals surface area contributed by atoms with Gasteiger partial charge in [0.25, 0.3) is 0 Å². The molecule has 3 aliphatic carbocycles. The van der Waals surface area contributed by atoms with Crippen molar-refractivity contribution in [1.29, 1.82) is 0 Å². The van der Waals surface area contributed by atoms with Gasteiger partial charge in [-0.15, -0.1) is 0 Å². The minimum atomic E-state index is -0.931. The van der Waals surface area contributed by atoms with Gasteiger partial charge in [-0.2, -0.15) is 0 Å². The Hall–Kier alpha value is -1.00. The van der Waals surface area contributed by atoms with E-state index in [1.165, 1.54) is 0 Å². The van der Waals surface area contributed by atoms with Crippen LogP contribution in [0.3, 0.4) is 0 Å². The van der Waals surface area contributed by atoms with Crippen LogP contribution in [0.25, 0.3) is 0 Å². The monoisotopic (exact) mass is 332 g/mol. The van der Waals surface area contributed by atoms with Crippen LogP contribution in [-0.4, -0.2) is 34.5 Å². The zero-order chi connectivity index (χ0) is 17.7. The number of aliphatic hydroxyl groups excluding tert-OH is 1. The zero-order valence-electron chi connectivity index (χ0n) is 15.3. The summed E-state index contributed by atoms with van der Waals surface area (Å²) in [6.07, 6.45) is 2.96. The molecule has 0 aromatic rings. The van der Waals surface area contributed by atoms with E-state index in [9.17, 15) is 14.7 Å². The Balaban J connectivity index is 1.84. The Morgan fingerprint density at radius 3 is 2.54 bits per heavy atom. The van der Waals surface area contributed by atoms with Gasteiger partial charge >= 0.3 is 0 Å². The summed E-state index contributed by atoms with van der Waals surface area (Å²) in [4.78, 5) is 25.8. The van der Waals surface area contributed by atoms with Gasteiger partial charge < -0.3 is 9.84 Å². The van der Waals surface area contributed by atoms with Gasteiger partial charge in [0.1, 0.15) is 11.9 Å². The van der Waals surface area contributed by atoms with Gasteiger partial charge in [-0.3, -0.25) is 9.59 Å². The topological polar surface area (TPSA) is 66.9 Å². The molecule has 1 N–H and O–H groups in total. The van der Waals surface area contributed by atoms with Crippen LogP contribution < -0.4 is 0 Å². The molecule has 7 atom stereocenters. The van der Waals surface area contributed by atoms with E-state index >= 15 is 0 Å². The first kappa shape index (κ1) is 16.5. The fraction of sp³-hybridized carbons (Fsp3) is 0.800. The molecule has 0 radical (unpaired) electrons. The number of carbonyl (C=O) groups is 2. The summed E-state index contributed by atoms with van der Waals surface area (Å²) < 4.78 is 5.80. The predicted octanol–water partition coefficient (Wildman–Crippen LogP) is 2.68. The fourth-order valence-electron chi connectivity index (χ4n) is 5.85. The van der Waals surface area contributed by atoms with Gasteiger partial charge in [0, 0.05) is 17.8 Å². The molecular weight excluding hydrogens is 304 g/mol. The molecule has 2 saturated carbocycles. The molecule has 0 bridgehead atoms. The van der Waals surface area contributed by atoms with Crippen molar-refractivity contribution in [3.05, 3.63) is 11.6 Å². The highest BCUT2D eigenvalue weighted by Gasteiger charge is 2.70. The van der Waals surface area contributed by atoms with Crippen LogP contribution in [-0.2, 0) is 14.3 Å². The summed E-state index contributed by atoms with van der Waals surface area (Å²) in [7, 11) is 0. The largest absolute Gasteiger partial charge is 0.390 e. The van der Waals surface area contributed by atoms with Crippen molar-refractivity contribution in [2.45, 2.75) is 71.7 Å². The maximum absolute atomic E-state index is 13.1. The number of fused-ring (bicyclic) bond motifs is 4. The number of aliphatic hydroxyl groups is 1. The first-order valence-electron chi connectivity index (χ1n) is 9.21. The molecular formula is C20H28O4. The number of epoxide rings is 1. The fourth-order valence-corrected chi connectivity index (χ4v) is 5.85. The van der Waals surface area contributed by atoms with E-state index < -0.39 is 16.9 Å². The van der Waals surface area contributed by atoms with Gasteiger partial charge in [-0.05, 0) is 44.6 Å². The lowest BCUT2D eigenvalue weighted by Crippen LogP contribution is -2.58. The summed E-state index contributed by atoms with van der Waals surface area (Å²) in [5.74, 6) is 0.259. The minimum Gasteiger partial charge on any atom is -0.390 e. The Morgan fingerprint density at radius 1 is 1.25 bits per heavy atom. The number of rotatable bonds is 1. The van der Waals surface area contributed by atoms with Crippen molar-refractivity contribution in [3.63, 3.8) is 0 Å². The Morgan fingerprint density at radius 2 is 1.92 bits per heavy atom. The standard InChI is InChI=1S/C20H28O4/c1-10(2)11-8-13(21)20(5)14(22)9-18(3)12(15(11)20)6-7-19(4)17(24-19)16(18)23/h8,10,12,15-17,23H,6-7,9H2,1-5H3. The highest BCUT2D eigenvalue weighted by Crippen LogP contribution is 2.64. The van der Waals surface area contributed by atoms with Gasteiger partial charge in [0.2, 0.25) is 0 Å². The van der Waals surface area contributed by atoms with Gasteiger partial charge in [-0.1, -0.05) is 26.3 Å². The molecule has 24 heavy (non-hydrogen) atoms. The first-order chi connectivity index (χ1) is 11.1. The van der Waals surface area contributed by atoms with Gasteiger partial charge in [-0.25, -0.2) is 0 Å². The number of ketones is 2. The lowest BCUT2D eigenvalue weighted by molar-refractivity contribution is -0.158. The molecule has 4 rings (SSSR count). The molecule has 1 saturated heterocycles. The van der Waals surface area contributed by atoms with Crippen LogP contribution in [0.4, 0.5) is 0 Å². The highest BCUT2D eigenvalue weighted by molar-refractivity contribution is 6.15. The number of hydrogen-bond acceptors (Lipinski definition) is 4. The summed E-state index contributed by atoms with van der Waals surface area (Å²) in [6, 6.07) is 0. The average Bonchev–Trinajstić information content (AvgIpc) is 3.10. The van der Waals surface area contributed by atoms with Crippen LogP contribution in [0.2, 0.25) is 0 Å². The molecule has 4 heteroatoms. The molecule has 4 nitrogen and oxygen atoms in total. The van der Waals surface area contributed by atoms with Crippen molar-refractivity contribution in [1.82, 2.24) is 0 Å². The van der Waals surface area contributed by atoms with E-state index in [0.29, 0.717) is 0 Å². The van der Waals surface area contributed by atoms with E-state index in [4.69, 9.17) is 4.74 Å². The molecule has 0 aromatic carbocycles. The zero-order valence-corrected chi connectivity index (χ0v) is 15.3. The second-order valence-corrected chi connectivity index (χ2v) is 9.39. The molecule has 1 heterocycles. The number of Topliss-reactive ketones (excluding diaryl/α,β-unsaturated/α-hetero) is 1. The molecule has 3 fully saturated rings. The summed E-state index contributed by atoms with van der Waals surface area (Å²) in [5.41, 5.74) is -0.608. The molecule has 1 aliphatic heterocycles. The highest BCUT2D eigenvalue weighted by atomic mass is 16.6. The van der Waals surface area contributed by atoms with E-state index in [2.05, 4.69) is 20.8 Å². The minimum absolute atomic E-state index is 0.00791. The van der Waals surface area contributed by atoms with Crippen molar-refractivity contribution in [2.24, 2.45) is 28.6 Å². The molecule has 0 spiro atoms. The average molecular weight is 332 g/mol.